The van der Waals surface area contributed by atoms with E-state index in [1.807, 2.05) is 0 Å². The molecule has 0 bridgehead atoms. The van der Waals surface area contributed by atoms with Crippen molar-refractivity contribution in [2.45, 2.75) is 23.5 Å². The number of alkyl halides is 5. The van der Waals surface area contributed by atoms with Gasteiger partial charge in [0.1, 0.15) is 11.7 Å². The van der Waals surface area contributed by atoms with E-state index in [9.17, 15) is 18.0 Å². The number of amidine groups is 1. The van der Waals surface area contributed by atoms with Gasteiger partial charge < -0.3 is 9.80 Å². The molecule has 0 spiro atoms. The molecule has 0 saturated carbocycles. The second kappa shape index (κ2) is 7.79. The van der Waals surface area contributed by atoms with Crippen molar-refractivity contribution in [1.82, 2.24) is 15.2 Å². The van der Waals surface area contributed by atoms with Crippen LogP contribution in [0.4, 0.5) is 23.8 Å². The summed E-state index contributed by atoms with van der Waals surface area (Å²) < 4.78 is 39.5. The van der Waals surface area contributed by atoms with Crippen molar-refractivity contribution < 1.29 is 18.0 Å². The topological polar surface area (TPSA) is 60.8 Å². The molecule has 2 aliphatic heterocycles. The van der Waals surface area contributed by atoms with Crippen LogP contribution in [-0.4, -0.2) is 58.3 Å². The minimum absolute atomic E-state index is 0.124. The van der Waals surface area contributed by atoms with Crippen LogP contribution in [0.3, 0.4) is 0 Å². The van der Waals surface area contributed by atoms with Crippen molar-refractivity contribution in [3.05, 3.63) is 36.0 Å². The molecule has 0 aliphatic carbocycles. The van der Waals surface area contributed by atoms with Crippen molar-refractivity contribution >= 4 is 40.9 Å². The first-order valence-corrected chi connectivity index (χ1v) is 9.33. The summed E-state index contributed by atoms with van der Waals surface area (Å²) in [5, 5.41) is 2.15. The van der Waals surface area contributed by atoms with Crippen LogP contribution in [0.2, 0.25) is 0 Å². The second-order valence-electron chi connectivity index (χ2n) is 6.56. The first-order chi connectivity index (χ1) is 13.1. The number of aromatic nitrogens is 1. The maximum absolute atomic E-state index is 13.2. The Labute approximate surface area is 170 Å². The third-order valence-electron chi connectivity index (χ3n) is 4.46. The zero-order valence-electron chi connectivity index (χ0n) is 14.9. The Morgan fingerprint density at radius 3 is 2.61 bits per heavy atom. The van der Waals surface area contributed by atoms with E-state index >= 15 is 0 Å². The third kappa shape index (κ3) is 4.52. The van der Waals surface area contributed by atoms with Gasteiger partial charge in [-0.3, -0.25) is 5.32 Å². The van der Waals surface area contributed by atoms with Crippen molar-refractivity contribution in [2.75, 3.05) is 31.1 Å². The highest BCUT2D eigenvalue weighted by molar-refractivity contribution is 6.34. The molecule has 0 radical (unpaired) electrons. The van der Waals surface area contributed by atoms with Crippen molar-refractivity contribution in [3.8, 4) is 0 Å². The van der Waals surface area contributed by atoms with E-state index in [2.05, 4.69) is 15.3 Å². The predicted octanol–water partition coefficient (Wildman–Crippen LogP) is 3.46. The van der Waals surface area contributed by atoms with Crippen molar-refractivity contribution in [3.63, 3.8) is 0 Å². The normalized spacial score (nSPS) is 25.5. The van der Waals surface area contributed by atoms with Gasteiger partial charge in [-0.2, -0.15) is 13.2 Å². The number of nitrogens with zero attached hydrogens (tertiary/aromatic N) is 4. The van der Waals surface area contributed by atoms with Gasteiger partial charge in [-0.15, -0.1) is 11.6 Å². The van der Waals surface area contributed by atoms with Gasteiger partial charge in [0.2, 0.25) is 0 Å². The summed E-state index contributed by atoms with van der Waals surface area (Å²) in [6.45, 7) is 2.57. The molecule has 3 heterocycles. The van der Waals surface area contributed by atoms with Crippen molar-refractivity contribution in [2.24, 2.45) is 4.99 Å². The van der Waals surface area contributed by atoms with E-state index in [1.54, 1.807) is 19.1 Å². The maximum Gasteiger partial charge on any atom is 0.419 e. The summed E-state index contributed by atoms with van der Waals surface area (Å²) in [4.78, 5) is 22.5. The first-order valence-electron chi connectivity index (χ1n) is 8.52. The lowest BCUT2D eigenvalue weighted by Crippen LogP contribution is -2.53. The number of halogens is 5. The Bertz CT molecular complexity index is 804. The number of carbonyl (C=O) groups excluding carboxylic acids is 1. The van der Waals surface area contributed by atoms with E-state index in [0.29, 0.717) is 0 Å². The Kier molecular flexibility index (Phi) is 5.77. The van der Waals surface area contributed by atoms with Crippen LogP contribution in [0.25, 0.3) is 0 Å². The zero-order chi connectivity index (χ0) is 20.5. The number of urea groups is 1. The molecule has 1 fully saturated rings. The summed E-state index contributed by atoms with van der Waals surface area (Å²) in [5.41, 5.74) is -0.786. The smallest absolute Gasteiger partial charge is 0.353 e. The van der Waals surface area contributed by atoms with Crippen molar-refractivity contribution in [1.29, 1.82) is 0 Å². The molecule has 1 aromatic heterocycles. The number of hydrogen-bond donors (Lipinski definition) is 1. The number of nitrogens with one attached hydrogen (secondary N) is 1. The molecule has 1 saturated heterocycles. The number of amides is 2. The van der Waals surface area contributed by atoms with Gasteiger partial charge in [-0.05, 0) is 25.1 Å². The molecule has 2 atom stereocenters. The van der Waals surface area contributed by atoms with Gasteiger partial charge >= 0.3 is 12.2 Å². The van der Waals surface area contributed by atoms with Crippen LogP contribution in [0, 0.1) is 0 Å². The number of rotatable bonds is 1. The Hall–Kier alpha value is -2.00. The second-order valence-corrected chi connectivity index (χ2v) is 7.79. The first kappa shape index (κ1) is 20.7. The highest BCUT2D eigenvalue weighted by Crippen LogP contribution is 2.35. The molecule has 3 rings (SSSR count). The largest absolute Gasteiger partial charge is 0.419 e. The highest BCUT2D eigenvalue weighted by Gasteiger charge is 2.37. The Balaban J connectivity index is 1.62. The van der Waals surface area contributed by atoms with E-state index in [0.717, 1.165) is 6.07 Å². The summed E-state index contributed by atoms with van der Waals surface area (Å²) >= 11 is 12.2. The summed E-state index contributed by atoms with van der Waals surface area (Å²) in [6.07, 6.45) is 0.0385. The maximum atomic E-state index is 13.2. The van der Waals surface area contributed by atoms with Gasteiger partial charge in [0.25, 0.3) is 0 Å². The number of pyridine rings is 1. The van der Waals surface area contributed by atoms with Crippen LogP contribution in [0.1, 0.15) is 12.5 Å². The molecule has 2 amide bonds. The SMILES string of the molecule is CC1(Cl)N=C(NC(=O)N2CCN(c3ncccc3C(F)(F)F)CC2)C=CC1Cl. The Morgan fingerprint density at radius 1 is 1.32 bits per heavy atom. The molecule has 152 valence electrons. The Morgan fingerprint density at radius 2 is 2.00 bits per heavy atom. The molecule has 1 aromatic rings. The molecule has 2 unspecified atom stereocenters. The number of anilines is 1. The average Bonchev–Trinajstić information content (AvgIpc) is 2.64. The van der Waals surface area contributed by atoms with Gasteiger partial charge in [0.15, 0.2) is 5.00 Å². The predicted molar refractivity (Wildman–Crippen MR) is 102 cm³/mol. The fraction of sp³-hybridized carbons (Fsp3) is 0.471. The average molecular weight is 436 g/mol. The van der Waals surface area contributed by atoms with Gasteiger partial charge in [0, 0.05) is 32.4 Å². The molecule has 0 aromatic carbocycles. The molecule has 11 heteroatoms. The van der Waals surface area contributed by atoms with Gasteiger partial charge in [-0.25, -0.2) is 14.8 Å². The van der Waals surface area contributed by atoms with Gasteiger partial charge in [0.05, 0.1) is 10.9 Å². The lowest BCUT2D eigenvalue weighted by atomic mass is 10.1. The van der Waals surface area contributed by atoms with E-state index in [4.69, 9.17) is 23.2 Å². The van der Waals surface area contributed by atoms with E-state index in [1.165, 1.54) is 22.1 Å². The molecule has 28 heavy (non-hydrogen) atoms. The summed E-state index contributed by atoms with van der Waals surface area (Å²) in [7, 11) is 0. The number of carbonyl (C=O) groups is 1. The van der Waals surface area contributed by atoms with Crippen LogP contribution < -0.4 is 10.2 Å². The third-order valence-corrected chi connectivity index (χ3v) is 5.46. The quantitative estimate of drug-likeness (QED) is 0.542. The van der Waals surface area contributed by atoms with E-state index in [-0.39, 0.29) is 37.8 Å². The molecule has 6 nitrogen and oxygen atoms in total. The minimum Gasteiger partial charge on any atom is -0.353 e. The lowest BCUT2D eigenvalue weighted by Gasteiger charge is -2.36. The summed E-state index contributed by atoms with van der Waals surface area (Å²) in [5.74, 6) is 0.159. The van der Waals surface area contributed by atoms with Crippen LogP contribution in [-0.2, 0) is 6.18 Å². The molecule has 1 N–H and O–H groups in total. The standard InChI is InChI=1S/C17H18Cl2F3N5O/c1-16(19)12(18)4-5-13(25-16)24-15(28)27-9-7-26(8-10-27)14-11(17(20,21)22)3-2-6-23-14/h2-6,12H,7-10H2,1H3,(H,24,25,28). The minimum atomic E-state index is -4.49. The van der Waals surface area contributed by atoms with Crippen LogP contribution in [0.5, 0.6) is 0 Å². The molecule has 2 aliphatic rings. The highest BCUT2D eigenvalue weighted by atomic mass is 35.5. The zero-order valence-corrected chi connectivity index (χ0v) is 16.4. The monoisotopic (exact) mass is 435 g/mol. The fourth-order valence-corrected chi connectivity index (χ4v) is 3.22. The number of aliphatic imine (C=N–C) groups is 1. The molecular formula is C17H18Cl2F3N5O. The number of dihydropyridines is 1. The van der Waals surface area contributed by atoms with Crippen LogP contribution >= 0.6 is 23.2 Å². The number of hydrogen-bond acceptors (Lipinski definition) is 4. The summed E-state index contributed by atoms with van der Waals surface area (Å²) in [6, 6.07) is 1.85. The fourth-order valence-electron chi connectivity index (χ4n) is 2.94. The van der Waals surface area contributed by atoms with Crippen LogP contribution in [0.15, 0.2) is 35.5 Å². The molecular weight excluding hydrogens is 418 g/mol. The van der Waals surface area contributed by atoms with E-state index < -0.39 is 28.1 Å². The number of piperazine rings is 1. The van der Waals surface area contributed by atoms with Gasteiger partial charge in [-0.1, -0.05) is 17.7 Å². The lowest BCUT2D eigenvalue weighted by molar-refractivity contribution is -0.137.